The number of carbonyl (C=O) groups is 2. The van der Waals surface area contributed by atoms with Crippen LogP contribution >= 0.6 is 0 Å². The van der Waals surface area contributed by atoms with Crippen molar-refractivity contribution in [2.75, 3.05) is 0 Å². The van der Waals surface area contributed by atoms with Crippen molar-refractivity contribution in [1.82, 2.24) is 15.6 Å². The summed E-state index contributed by atoms with van der Waals surface area (Å²) in [4.78, 5) is 30.7. The van der Waals surface area contributed by atoms with E-state index in [2.05, 4.69) is 15.6 Å². The van der Waals surface area contributed by atoms with Gasteiger partial charge in [0.2, 0.25) is 5.91 Å². The molecular formula is C33H30F3N3O4S. The molecule has 11 heteroatoms. The third-order valence-electron chi connectivity index (χ3n) is 6.69. The highest BCUT2D eigenvalue weighted by Gasteiger charge is 2.31. The van der Waals surface area contributed by atoms with Crippen LogP contribution in [0.2, 0.25) is 0 Å². The fourth-order valence-electron chi connectivity index (χ4n) is 4.40. The third-order valence-corrected chi connectivity index (χ3v) is 8.13. The largest absolute Gasteiger partial charge is 0.416 e. The highest BCUT2D eigenvalue weighted by molar-refractivity contribution is 7.94. The predicted octanol–water partition coefficient (Wildman–Crippen LogP) is 5.55. The van der Waals surface area contributed by atoms with E-state index in [1.54, 1.807) is 30.3 Å². The van der Waals surface area contributed by atoms with Gasteiger partial charge in [0.15, 0.2) is 9.84 Å². The first-order valence-corrected chi connectivity index (χ1v) is 15.3. The summed E-state index contributed by atoms with van der Waals surface area (Å²) in [6.45, 7) is 0. The van der Waals surface area contributed by atoms with Crippen LogP contribution in [-0.4, -0.2) is 37.3 Å². The molecule has 0 radical (unpaired) electrons. The molecule has 0 unspecified atom stereocenters. The Morgan fingerprint density at radius 2 is 1.48 bits per heavy atom. The number of alkyl halides is 3. The molecule has 1 aromatic heterocycles. The molecule has 2 amide bonds. The van der Waals surface area contributed by atoms with Gasteiger partial charge >= 0.3 is 6.18 Å². The van der Waals surface area contributed by atoms with Gasteiger partial charge in [0.1, 0.15) is 11.7 Å². The Bertz CT molecular complexity index is 1680. The highest BCUT2D eigenvalue weighted by Crippen LogP contribution is 2.29. The van der Waals surface area contributed by atoms with Crippen molar-refractivity contribution in [1.29, 1.82) is 0 Å². The summed E-state index contributed by atoms with van der Waals surface area (Å²) in [7, 11) is -3.83. The van der Waals surface area contributed by atoms with E-state index >= 15 is 0 Å². The normalized spacial score (nSPS) is 13.2. The standard InChI is InChI=1S/C33H30F3N3O4S/c34-33(35,36)26-13-9-12-25(22-26)23-30(39-31(40)29-16-7-8-20-37-29)32(41)38-27(18-17-24-10-3-1-4-11-24)19-21-44(42,43)28-14-5-2-6-15-28/h1-16,19-22,27,30H,17-18,23H2,(H,38,41)(H,39,40)/b21-19+/t27-,30-/m0/s1. The maximum atomic E-state index is 13.7. The predicted molar refractivity (Wildman–Crippen MR) is 160 cm³/mol. The van der Waals surface area contributed by atoms with Crippen LogP contribution in [0.15, 0.2) is 126 Å². The summed E-state index contributed by atoms with van der Waals surface area (Å²) in [5.74, 6) is -1.40. The highest BCUT2D eigenvalue weighted by atomic mass is 32.2. The summed E-state index contributed by atoms with van der Waals surface area (Å²) in [5.41, 5.74) is 0.253. The molecule has 228 valence electrons. The number of pyridine rings is 1. The van der Waals surface area contributed by atoms with Gasteiger partial charge in [0, 0.05) is 24.1 Å². The molecule has 2 N–H and O–H groups in total. The van der Waals surface area contributed by atoms with Crippen molar-refractivity contribution >= 4 is 21.7 Å². The van der Waals surface area contributed by atoms with E-state index < -0.39 is 45.5 Å². The quantitative estimate of drug-likeness (QED) is 0.216. The van der Waals surface area contributed by atoms with Crippen molar-refractivity contribution < 1.29 is 31.2 Å². The second-order valence-corrected chi connectivity index (χ2v) is 11.8. The van der Waals surface area contributed by atoms with E-state index in [1.807, 2.05) is 30.3 Å². The van der Waals surface area contributed by atoms with E-state index in [0.717, 1.165) is 23.1 Å². The number of aryl methyl sites for hydroxylation is 1. The molecular weight excluding hydrogens is 591 g/mol. The van der Waals surface area contributed by atoms with Gasteiger partial charge < -0.3 is 10.6 Å². The lowest BCUT2D eigenvalue weighted by molar-refractivity contribution is -0.137. The van der Waals surface area contributed by atoms with Gasteiger partial charge in [0.25, 0.3) is 5.91 Å². The summed E-state index contributed by atoms with van der Waals surface area (Å²) in [6, 6.07) is 24.2. The summed E-state index contributed by atoms with van der Waals surface area (Å²) < 4.78 is 66.0. The van der Waals surface area contributed by atoms with E-state index in [0.29, 0.717) is 12.8 Å². The number of nitrogens with zero attached hydrogens (tertiary/aromatic N) is 1. The lowest BCUT2D eigenvalue weighted by Crippen LogP contribution is -2.50. The summed E-state index contributed by atoms with van der Waals surface area (Å²) >= 11 is 0. The van der Waals surface area contributed by atoms with E-state index in [-0.39, 0.29) is 22.6 Å². The average Bonchev–Trinajstić information content (AvgIpc) is 3.03. The molecule has 0 aliphatic rings. The number of aromatic nitrogens is 1. The van der Waals surface area contributed by atoms with Crippen molar-refractivity contribution in [3.8, 4) is 0 Å². The third kappa shape index (κ3) is 9.37. The Hall–Kier alpha value is -4.77. The number of hydrogen-bond donors (Lipinski definition) is 2. The van der Waals surface area contributed by atoms with Gasteiger partial charge in [-0.15, -0.1) is 0 Å². The fraction of sp³-hybridized carbons (Fsp3) is 0.182. The van der Waals surface area contributed by atoms with Gasteiger partial charge in [-0.2, -0.15) is 13.2 Å². The number of carbonyl (C=O) groups excluding carboxylic acids is 2. The molecule has 4 rings (SSSR count). The van der Waals surface area contributed by atoms with E-state index in [1.165, 1.54) is 42.6 Å². The summed E-state index contributed by atoms with van der Waals surface area (Å²) in [6.07, 6.45) is -1.30. The molecule has 0 aliphatic heterocycles. The Kier molecular flexibility index (Phi) is 10.7. The minimum absolute atomic E-state index is 0.0174. The van der Waals surface area contributed by atoms with Crippen LogP contribution < -0.4 is 10.6 Å². The summed E-state index contributed by atoms with van der Waals surface area (Å²) in [5, 5.41) is 6.39. The Balaban J connectivity index is 1.61. The fourth-order valence-corrected chi connectivity index (χ4v) is 5.49. The van der Waals surface area contributed by atoms with Gasteiger partial charge in [0.05, 0.1) is 10.5 Å². The van der Waals surface area contributed by atoms with E-state index in [4.69, 9.17) is 0 Å². The maximum absolute atomic E-state index is 13.7. The zero-order valence-corrected chi connectivity index (χ0v) is 24.3. The Labute approximate surface area is 253 Å². The maximum Gasteiger partial charge on any atom is 0.416 e. The van der Waals surface area contributed by atoms with Crippen LogP contribution in [0.4, 0.5) is 13.2 Å². The molecule has 0 bridgehead atoms. The van der Waals surface area contributed by atoms with Crippen LogP contribution in [-0.2, 0) is 33.6 Å². The average molecular weight is 622 g/mol. The molecule has 0 spiro atoms. The van der Waals surface area contributed by atoms with Gasteiger partial charge in [-0.05, 0) is 54.3 Å². The molecule has 44 heavy (non-hydrogen) atoms. The van der Waals surface area contributed by atoms with Crippen LogP contribution in [0, 0.1) is 0 Å². The molecule has 4 aromatic rings. The molecule has 3 aromatic carbocycles. The van der Waals surface area contributed by atoms with Crippen LogP contribution in [0.1, 0.15) is 33.6 Å². The number of nitrogens with one attached hydrogen (secondary N) is 2. The minimum atomic E-state index is -4.59. The Morgan fingerprint density at radius 1 is 0.818 bits per heavy atom. The lowest BCUT2D eigenvalue weighted by Gasteiger charge is -2.22. The van der Waals surface area contributed by atoms with Crippen LogP contribution in [0.25, 0.3) is 0 Å². The number of sulfone groups is 1. The number of hydrogen-bond acceptors (Lipinski definition) is 5. The van der Waals surface area contributed by atoms with Crippen molar-refractivity contribution in [2.24, 2.45) is 0 Å². The lowest BCUT2D eigenvalue weighted by atomic mass is 10.0. The molecule has 2 atom stereocenters. The van der Waals surface area contributed by atoms with Gasteiger partial charge in [-0.25, -0.2) is 8.42 Å². The molecule has 1 heterocycles. The second-order valence-electron chi connectivity index (χ2n) is 9.97. The van der Waals surface area contributed by atoms with Crippen LogP contribution in [0.3, 0.4) is 0 Å². The van der Waals surface area contributed by atoms with Crippen LogP contribution in [0.5, 0.6) is 0 Å². The molecule has 0 aliphatic carbocycles. The topological polar surface area (TPSA) is 105 Å². The van der Waals surface area contributed by atoms with Crippen molar-refractivity contribution in [2.45, 2.75) is 42.4 Å². The molecule has 0 saturated heterocycles. The first-order valence-electron chi connectivity index (χ1n) is 13.7. The zero-order chi connectivity index (χ0) is 31.6. The second kappa shape index (κ2) is 14.6. The van der Waals surface area contributed by atoms with Gasteiger partial charge in [-0.1, -0.05) is 78.9 Å². The Morgan fingerprint density at radius 3 is 2.14 bits per heavy atom. The smallest absolute Gasteiger partial charge is 0.348 e. The van der Waals surface area contributed by atoms with Crippen molar-refractivity contribution in [3.63, 3.8) is 0 Å². The molecule has 7 nitrogen and oxygen atoms in total. The van der Waals surface area contributed by atoms with Gasteiger partial charge in [-0.3, -0.25) is 14.6 Å². The van der Waals surface area contributed by atoms with Crippen molar-refractivity contribution in [3.05, 3.63) is 143 Å². The zero-order valence-electron chi connectivity index (χ0n) is 23.4. The van der Waals surface area contributed by atoms with E-state index in [9.17, 15) is 31.2 Å². The number of benzene rings is 3. The molecule has 0 fully saturated rings. The number of halogens is 3. The minimum Gasteiger partial charge on any atom is -0.348 e. The molecule has 0 saturated carbocycles. The number of rotatable bonds is 12. The SMILES string of the molecule is O=C(N[C@@H](Cc1cccc(C(F)(F)F)c1)C(=O)N[C@H](/C=C/S(=O)(=O)c1ccccc1)CCc1ccccc1)c1ccccn1. The first-order chi connectivity index (χ1) is 21.0. The number of amides is 2. The monoisotopic (exact) mass is 621 g/mol. The first kappa shape index (κ1) is 32.2.